The van der Waals surface area contributed by atoms with Crippen LogP contribution in [0.15, 0.2) is 18.3 Å². The Balaban J connectivity index is 2.81. The van der Waals surface area contributed by atoms with Crippen LogP contribution in [0.25, 0.3) is 5.52 Å². The molecule has 0 saturated carbocycles. The molecule has 0 aromatic carbocycles. The van der Waals surface area contributed by atoms with E-state index in [9.17, 15) is 18.0 Å². The van der Waals surface area contributed by atoms with Gasteiger partial charge in [-0.3, -0.25) is 4.40 Å². The normalized spacial score (nSPS) is 12.0. The van der Waals surface area contributed by atoms with E-state index in [-0.39, 0.29) is 5.52 Å². The van der Waals surface area contributed by atoms with Crippen LogP contribution in [0.2, 0.25) is 0 Å². The van der Waals surface area contributed by atoms with Crippen LogP contribution in [-0.4, -0.2) is 20.5 Å². The Morgan fingerprint density at radius 2 is 2.11 bits per heavy atom. The number of hydrogen-bond donors (Lipinski definition) is 1. The zero-order chi connectivity index (χ0) is 13.5. The third-order valence-electron chi connectivity index (χ3n) is 2.56. The van der Waals surface area contributed by atoms with Gasteiger partial charge in [-0.2, -0.15) is 13.2 Å². The summed E-state index contributed by atoms with van der Waals surface area (Å²) in [6, 6.07) is 2.92. The summed E-state index contributed by atoms with van der Waals surface area (Å²) < 4.78 is 39.0. The molecule has 0 spiro atoms. The van der Waals surface area contributed by atoms with E-state index in [0.29, 0.717) is 12.0 Å². The number of alkyl halides is 3. The lowest BCUT2D eigenvalue weighted by Crippen LogP contribution is -2.11. The lowest BCUT2D eigenvalue weighted by atomic mass is 10.2. The Labute approximate surface area is 99.7 Å². The van der Waals surface area contributed by atoms with Gasteiger partial charge < -0.3 is 5.11 Å². The minimum absolute atomic E-state index is 0.0629. The Hall–Kier alpha value is -2.05. The van der Waals surface area contributed by atoms with Crippen LogP contribution in [-0.2, 0) is 12.6 Å². The summed E-state index contributed by atoms with van der Waals surface area (Å²) in [6.07, 6.45) is -2.88. The number of hydrogen-bond acceptors (Lipinski definition) is 2. The fourth-order valence-electron chi connectivity index (χ4n) is 1.70. The standard InChI is InChI=1S/C11H9F3N2O2/c1-2-6-3-4-7-8(9(17)18)15-10(11(12,13)14)16(7)5-6/h3-5H,2H2,1H3,(H,17,18). The van der Waals surface area contributed by atoms with Gasteiger partial charge in [-0.1, -0.05) is 13.0 Å². The summed E-state index contributed by atoms with van der Waals surface area (Å²) in [7, 11) is 0. The molecule has 0 aliphatic heterocycles. The van der Waals surface area contributed by atoms with E-state index >= 15 is 0 Å². The smallest absolute Gasteiger partial charge is 0.450 e. The molecule has 0 aliphatic rings. The van der Waals surface area contributed by atoms with Gasteiger partial charge >= 0.3 is 12.1 Å². The number of pyridine rings is 1. The van der Waals surface area contributed by atoms with E-state index < -0.39 is 23.7 Å². The van der Waals surface area contributed by atoms with Gasteiger partial charge in [-0.05, 0) is 18.1 Å². The third kappa shape index (κ3) is 1.92. The number of carboxylic acids is 1. The largest absolute Gasteiger partial charge is 0.476 e. The molecule has 0 bridgehead atoms. The van der Waals surface area contributed by atoms with E-state index in [4.69, 9.17) is 5.11 Å². The molecule has 2 rings (SSSR count). The van der Waals surface area contributed by atoms with Crippen molar-refractivity contribution in [3.63, 3.8) is 0 Å². The number of imidazole rings is 1. The van der Waals surface area contributed by atoms with Crippen LogP contribution in [0.5, 0.6) is 0 Å². The van der Waals surface area contributed by atoms with Gasteiger partial charge in [0.2, 0.25) is 5.82 Å². The molecule has 0 amide bonds. The quantitative estimate of drug-likeness (QED) is 0.900. The molecule has 1 N–H and O–H groups in total. The highest BCUT2D eigenvalue weighted by Gasteiger charge is 2.38. The van der Waals surface area contributed by atoms with E-state index in [1.165, 1.54) is 12.3 Å². The van der Waals surface area contributed by atoms with E-state index in [2.05, 4.69) is 4.98 Å². The van der Waals surface area contributed by atoms with Crippen molar-refractivity contribution < 1.29 is 23.1 Å². The summed E-state index contributed by atoms with van der Waals surface area (Å²) in [5.74, 6) is -2.70. The first-order chi connectivity index (χ1) is 8.34. The van der Waals surface area contributed by atoms with Gasteiger partial charge in [0.25, 0.3) is 0 Å². The summed E-state index contributed by atoms with van der Waals surface area (Å²) in [5.41, 5.74) is 0.0133. The van der Waals surface area contributed by atoms with Crippen molar-refractivity contribution in [1.82, 2.24) is 9.38 Å². The average Bonchev–Trinajstić information content (AvgIpc) is 2.66. The zero-order valence-electron chi connectivity index (χ0n) is 9.32. The molecular formula is C11H9F3N2O2. The highest BCUT2D eigenvalue weighted by Crippen LogP contribution is 2.30. The molecule has 2 aromatic heterocycles. The SMILES string of the molecule is CCc1ccc2c(C(=O)O)nc(C(F)(F)F)n2c1. The predicted molar refractivity (Wildman–Crippen MR) is 56.5 cm³/mol. The molecule has 0 unspecified atom stereocenters. The van der Waals surface area contributed by atoms with Crippen molar-refractivity contribution >= 4 is 11.5 Å². The number of rotatable bonds is 2. The van der Waals surface area contributed by atoms with Crippen molar-refractivity contribution in [3.05, 3.63) is 35.4 Å². The number of carboxylic acid groups (broad SMARTS) is 1. The van der Waals surface area contributed by atoms with Crippen LogP contribution in [0.3, 0.4) is 0 Å². The van der Waals surface area contributed by atoms with Crippen molar-refractivity contribution in [2.24, 2.45) is 0 Å². The Bertz CT molecular complexity index is 617. The van der Waals surface area contributed by atoms with Gasteiger partial charge in [-0.25, -0.2) is 9.78 Å². The van der Waals surface area contributed by atoms with Crippen LogP contribution in [0.1, 0.15) is 28.8 Å². The second kappa shape index (κ2) is 4.01. The van der Waals surface area contributed by atoms with Crippen LogP contribution in [0.4, 0.5) is 13.2 Å². The Morgan fingerprint density at radius 3 is 2.61 bits per heavy atom. The maximum Gasteiger partial charge on any atom is 0.450 e. The number of halogens is 3. The first kappa shape index (κ1) is 12.4. The Kier molecular flexibility index (Phi) is 2.76. The van der Waals surface area contributed by atoms with E-state index in [1.807, 2.05) is 0 Å². The number of aryl methyl sites for hydroxylation is 1. The zero-order valence-corrected chi connectivity index (χ0v) is 9.32. The molecule has 2 heterocycles. The van der Waals surface area contributed by atoms with Crippen LogP contribution >= 0.6 is 0 Å². The van der Waals surface area contributed by atoms with Crippen molar-refractivity contribution in [2.45, 2.75) is 19.5 Å². The third-order valence-corrected chi connectivity index (χ3v) is 2.56. The topological polar surface area (TPSA) is 54.6 Å². The van der Waals surface area contributed by atoms with Crippen LogP contribution < -0.4 is 0 Å². The summed E-state index contributed by atoms with van der Waals surface area (Å²) in [6.45, 7) is 1.80. The van der Waals surface area contributed by atoms with Gasteiger partial charge in [-0.15, -0.1) is 0 Å². The second-order valence-electron chi connectivity index (χ2n) is 3.73. The number of aromatic carboxylic acids is 1. The van der Waals surface area contributed by atoms with Gasteiger partial charge in [0.1, 0.15) is 0 Å². The molecule has 96 valence electrons. The minimum atomic E-state index is -4.69. The lowest BCUT2D eigenvalue weighted by Gasteiger charge is -2.06. The average molecular weight is 258 g/mol. The maximum atomic E-state index is 12.8. The lowest BCUT2D eigenvalue weighted by molar-refractivity contribution is -0.145. The van der Waals surface area contributed by atoms with Gasteiger partial charge in [0, 0.05) is 6.20 Å². The molecule has 0 atom stereocenters. The maximum absolute atomic E-state index is 12.8. The number of fused-ring (bicyclic) bond motifs is 1. The van der Waals surface area contributed by atoms with Crippen LogP contribution in [0, 0.1) is 0 Å². The summed E-state index contributed by atoms with van der Waals surface area (Å²) in [4.78, 5) is 14.0. The minimum Gasteiger partial charge on any atom is -0.476 e. The first-order valence-corrected chi connectivity index (χ1v) is 5.16. The number of aromatic nitrogens is 2. The van der Waals surface area contributed by atoms with E-state index in [0.717, 1.165) is 4.40 Å². The van der Waals surface area contributed by atoms with Crippen molar-refractivity contribution in [3.8, 4) is 0 Å². The van der Waals surface area contributed by atoms with Crippen molar-refractivity contribution in [2.75, 3.05) is 0 Å². The molecule has 0 radical (unpaired) electrons. The molecule has 2 aromatic rings. The summed E-state index contributed by atoms with van der Waals surface area (Å²) in [5, 5.41) is 8.85. The summed E-state index contributed by atoms with van der Waals surface area (Å²) >= 11 is 0. The number of nitrogens with zero attached hydrogens (tertiary/aromatic N) is 2. The molecule has 4 nitrogen and oxygen atoms in total. The highest BCUT2D eigenvalue weighted by molar-refractivity contribution is 5.93. The van der Waals surface area contributed by atoms with E-state index in [1.54, 1.807) is 13.0 Å². The van der Waals surface area contributed by atoms with Crippen molar-refractivity contribution in [1.29, 1.82) is 0 Å². The first-order valence-electron chi connectivity index (χ1n) is 5.16. The Morgan fingerprint density at radius 1 is 1.44 bits per heavy atom. The molecule has 0 saturated heterocycles. The fourth-order valence-corrected chi connectivity index (χ4v) is 1.70. The molecule has 7 heteroatoms. The molecule has 18 heavy (non-hydrogen) atoms. The highest BCUT2D eigenvalue weighted by atomic mass is 19.4. The molecule has 0 fully saturated rings. The molecular weight excluding hydrogens is 249 g/mol. The van der Waals surface area contributed by atoms with Gasteiger partial charge in [0.05, 0.1) is 5.52 Å². The monoisotopic (exact) mass is 258 g/mol. The second-order valence-corrected chi connectivity index (χ2v) is 3.73. The number of carbonyl (C=O) groups is 1. The van der Waals surface area contributed by atoms with Gasteiger partial charge in [0.15, 0.2) is 5.69 Å². The fraction of sp³-hybridized carbons (Fsp3) is 0.273. The predicted octanol–water partition coefficient (Wildman–Crippen LogP) is 2.61. The molecule has 0 aliphatic carbocycles.